The topological polar surface area (TPSA) is 9.23 Å². The fourth-order valence-electron chi connectivity index (χ4n) is 1.41. The van der Waals surface area contributed by atoms with E-state index in [1.807, 2.05) is 0 Å². The number of halogens is 2. The molecule has 0 aromatic carbocycles. The molecule has 0 aromatic rings. The lowest BCUT2D eigenvalue weighted by Gasteiger charge is -2.10. The van der Waals surface area contributed by atoms with E-state index in [1.54, 1.807) is 13.2 Å². The first-order chi connectivity index (χ1) is 5.97. The highest BCUT2D eigenvalue weighted by atomic mass is 19.3. The number of methoxy groups -OCH3 is 1. The first kappa shape index (κ1) is 10.6. The van der Waals surface area contributed by atoms with Crippen molar-refractivity contribution < 1.29 is 13.5 Å². The maximum absolute atomic E-state index is 12.4. The number of alkyl halides is 2. The summed E-state index contributed by atoms with van der Waals surface area (Å²) in [5.41, 5.74) is 0.177. The van der Waals surface area contributed by atoms with Gasteiger partial charge >= 0.3 is 0 Å². The van der Waals surface area contributed by atoms with Gasteiger partial charge in [0.05, 0.1) is 6.61 Å². The molecule has 0 spiro atoms. The molecule has 3 heteroatoms. The SMILES string of the molecule is COCC1(CC=CC(C)(F)F)CC1. The first-order valence-corrected chi connectivity index (χ1v) is 4.52. The molecule has 13 heavy (non-hydrogen) atoms. The van der Waals surface area contributed by atoms with Crippen LogP contribution in [0, 0.1) is 5.41 Å². The van der Waals surface area contributed by atoms with E-state index in [0.717, 1.165) is 25.8 Å². The van der Waals surface area contributed by atoms with Crippen LogP contribution in [0.5, 0.6) is 0 Å². The molecule has 1 saturated carbocycles. The highest BCUT2D eigenvalue weighted by Crippen LogP contribution is 2.49. The molecule has 0 radical (unpaired) electrons. The van der Waals surface area contributed by atoms with Crippen molar-refractivity contribution in [2.24, 2.45) is 5.41 Å². The fraction of sp³-hybridized carbons (Fsp3) is 0.800. The Morgan fingerprint density at radius 1 is 1.46 bits per heavy atom. The molecule has 0 unspecified atom stereocenters. The van der Waals surface area contributed by atoms with Gasteiger partial charge in [-0.3, -0.25) is 0 Å². The van der Waals surface area contributed by atoms with Gasteiger partial charge in [0.15, 0.2) is 0 Å². The van der Waals surface area contributed by atoms with E-state index in [1.165, 1.54) is 0 Å². The van der Waals surface area contributed by atoms with E-state index in [-0.39, 0.29) is 5.41 Å². The predicted molar refractivity (Wildman–Crippen MR) is 47.9 cm³/mol. The van der Waals surface area contributed by atoms with Crippen LogP contribution in [0.2, 0.25) is 0 Å². The van der Waals surface area contributed by atoms with Crippen LogP contribution in [-0.2, 0) is 4.74 Å². The summed E-state index contributed by atoms with van der Waals surface area (Å²) in [7, 11) is 1.65. The quantitative estimate of drug-likeness (QED) is 0.605. The number of allylic oxidation sites excluding steroid dienone is 2. The summed E-state index contributed by atoms with van der Waals surface area (Å²) in [5.74, 6) is -2.68. The third kappa shape index (κ3) is 3.85. The summed E-state index contributed by atoms with van der Waals surface area (Å²) in [4.78, 5) is 0. The van der Waals surface area contributed by atoms with Crippen molar-refractivity contribution in [2.45, 2.75) is 32.1 Å². The molecule has 0 bridgehead atoms. The second-order valence-corrected chi connectivity index (χ2v) is 4.00. The summed E-state index contributed by atoms with van der Waals surface area (Å²) in [6, 6.07) is 0. The normalized spacial score (nSPS) is 20.9. The maximum Gasteiger partial charge on any atom is 0.263 e. The molecular weight excluding hydrogens is 174 g/mol. The van der Waals surface area contributed by atoms with Crippen molar-refractivity contribution in [2.75, 3.05) is 13.7 Å². The Labute approximate surface area is 77.8 Å². The van der Waals surface area contributed by atoms with Gasteiger partial charge in [0.2, 0.25) is 0 Å². The van der Waals surface area contributed by atoms with Gasteiger partial charge in [-0.1, -0.05) is 6.08 Å². The van der Waals surface area contributed by atoms with Gasteiger partial charge in [-0.05, 0) is 30.8 Å². The Morgan fingerprint density at radius 3 is 2.46 bits per heavy atom. The molecule has 1 rings (SSSR count). The summed E-state index contributed by atoms with van der Waals surface area (Å²) in [6.45, 7) is 1.59. The van der Waals surface area contributed by atoms with E-state index in [2.05, 4.69) is 0 Å². The predicted octanol–water partition coefficient (Wildman–Crippen LogP) is 3.01. The van der Waals surface area contributed by atoms with Crippen molar-refractivity contribution in [3.8, 4) is 0 Å². The molecular formula is C10H16F2O. The third-order valence-electron chi connectivity index (χ3n) is 2.37. The van der Waals surface area contributed by atoms with Crippen LogP contribution in [0.15, 0.2) is 12.2 Å². The zero-order chi connectivity index (χ0) is 9.95. The monoisotopic (exact) mass is 190 g/mol. The molecule has 0 heterocycles. The molecule has 0 saturated heterocycles. The molecule has 1 aliphatic carbocycles. The number of rotatable bonds is 5. The van der Waals surface area contributed by atoms with Gasteiger partial charge in [0, 0.05) is 14.0 Å². The molecule has 1 nitrogen and oxygen atoms in total. The fourth-order valence-corrected chi connectivity index (χ4v) is 1.41. The molecule has 1 fully saturated rings. The van der Waals surface area contributed by atoms with E-state index in [0.29, 0.717) is 13.0 Å². The Balaban J connectivity index is 2.30. The molecule has 0 atom stereocenters. The zero-order valence-corrected chi connectivity index (χ0v) is 8.15. The Hall–Kier alpha value is -0.440. The largest absolute Gasteiger partial charge is 0.384 e. The second kappa shape index (κ2) is 3.74. The lowest BCUT2D eigenvalue weighted by Crippen LogP contribution is -2.08. The van der Waals surface area contributed by atoms with Crippen LogP contribution in [0.1, 0.15) is 26.2 Å². The average molecular weight is 190 g/mol. The minimum atomic E-state index is -2.68. The van der Waals surface area contributed by atoms with Crippen LogP contribution in [0.3, 0.4) is 0 Å². The maximum atomic E-state index is 12.4. The van der Waals surface area contributed by atoms with E-state index in [4.69, 9.17) is 4.74 Å². The number of hydrogen-bond donors (Lipinski definition) is 0. The Bertz CT molecular complexity index is 190. The minimum Gasteiger partial charge on any atom is -0.384 e. The van der Waals surface area contributed by atoms with Crippen LogP contribution in [0.25, 0.3) is 0 Å². The van der Waals surface area contributed by atoms with Crippen molar-refractivity contribution >= 4 is 0 Å². The summed E-state index contributed by atoms with van der Waals surface area (Å²) in [5, 5.41) is 0. The second-order valence-electron chi connectivity index (χ2n) is 4.00. The van der Waals surface area contributed by atoms with Crippen LogP contribution >= 0.6 is 0 Å². The Morgan fingerprint density at radius 2 is 2.08 bits per heavy atom. The molecule has 0 N–H and O–H groups in total. The van der Waals surface area contributed by atoms with Crippen LogP contribution in [-0.4, -0.2) is 19.6 Å². The highest BCUT2D eigenvalue weighted by Gasteiger charge is 2.41. The van der Waals surface area contributed by atoms with Crippen molar-refractivity contribution in [3.63, 3.8) is 0 Å². The van der Waals surface area contributed by atoms with Crippen molar-refractivity contribution in [3.05, 3.63) is 12.2 Å². The minimum absolute atomic E-state index is 0.177. The molecule has 76 valence electrons. The first-order valence-electron chi connectivity index (χ1n) is 4.52. The number of ether oxygens (including phenoxy) is 1. The van der Waals surface area contributed by atoms with Crippen LogP contribution in [0.4, 0.5) is 8.78 Å². The summed E-state index contributed by atoms with van der Waals surface area (Å²) >= 11 is 0. The average Bonchev–Trinajstić information content (AvgIpc) is 2.67. The van der Waals surface area contributed by atoms with Gasteiger partial charge in [-0.2, -0.15) is 0 Å². The van der Waals surface area contributed by atoms with Gasteiger partial charge in [-0.15, -0.1) is 0 Å². The molecule has 1 aliphatic rings. The summed E-state index contributed by atoms with van der Waals surface area (Å²) in [6.07, 6.45) is 5.46. The van der Waals surface area contributed by atoms with Crippen molar-refractivity contribution in [1.29, 1.82) is 0 Å². The number of hydrogen-bond acceptors (Lipinski definition) is 1. The van der Waals surface area contributed by atoms with Gasteiger partial charge < -0.3 is 4.74 Å². The van der Waals surface area contributed by atoms with Gasteiger partial charge in [0.1, 0.15) is 0 Å². The summed E-state index contributed by atoms with van der Waals surface area (Å²) < 4.78 is 29.8. The molecule has 0 amide bonds. The smallest absolute Gasteiger partial charge is 0.263 e. The zero-order valence-electron chi connectivity index (χ0n) is 8.15. The standard InChI is InChI=1S/C10H16F2O/c1-9(11,12)4-3-5-10(6-7-10)8-13-2/h3-4H,5-8H2,1-2H3. The lowest BCUT2D eigenvalue weighted by atomic mass is 10.0. The van der Waals surface area contributed by atoms with Crippen molar-refractivity contribution in [1.82, 2.24) is 0 Å². The lowest BCUT2D eigenvalue weighted by molar-refractivity contribution is 0.0766. The van der Waals surface area contributed by atoms with E-state index < -0.39 is 5.92 Å². The third-order valence-corrected chi connectivity index (χ3v) is 2.37. The van der Waals surface area contributed by atoms with E-state index >= 15 is 0 Å². The molecule has 0 aliphatic heterocycles. The van der Waals surface area contributed by atoms with Gasteiger partial charge in [-0.25, -0.2) is 8.78 Å². The molecule has 0 aromatic heterocycles. The van der Waals surface area contributed by atoms with Gasteiger partial charge in [0.25, 0.3) is 5.92 Å². The highest BCUT2D eigenvalue weighted by molar-refractivity contribution is 5.02. The van der Waals surface area contributed by atoms with Crippen LogP contribution < -0.4 is 0 Å². The Kier molecular flexibility index (Phi) is 3.06. The van der Waals surface area contributed by atoms with E-state index in [9.17, 15) is 8.78 Å².